The van der Waals surface area contributed by atoms with Crippen molar-refractivity contribution in [2.24, 2.45) is 5.41 Å². The van der Waals surface area contributed by atoms with Crippen LogP contribution < -0.4 is 5.32 Å². The second kappa shape index (κ2) is 2.47. The highest BCUT2D eigenvalue weighted by Gasteiger charge is 2.64. The molecular weight excluding hydrogens is 166 g/mol. The van der Waals surface area contributed by atoms with Gasteiger partial charge in [0.05, 0.1) is 5.41 Å². The molecular formula is C10H17NO2. The Hall–Kier alpha value is -0.570. The van der Waals surface area contributed by atoms with Crippen molar-refractivity contribution in [1.29, 1.82) is 0 Å². The molecule has 1 aliphatic carbocycles. The predicted octanol–water partition coefficient (Wildman–Crippen LogP) is 1.08. The predicted molar refractivity (Wildman–Crippen MR) is 49.3 cm³/mol. The smallest absolute Gasteiger partial charge is 0.314 e. The highest BCUT2D eigenvalue weighted by molar-refractivity contribution is 5.82. The number of esters is 1. The van der Waals surface area contributed by atoms with Gasteiger partial charge < -0.3 is 10.1 Å². The largest absolute Gasteiger partial charge is 0.459 e. The molecule has 1 N–H and O–H groups in total. The Morgan fingerprint density at radius 2 is 2.23 bits per heavy atom. The summed E-state index contributed by atoms with van der Waals surface area (Å²) in [5.74, 6) is -0.00463. The monoisotopic (exact) mass is 183 g/mol. The fourth-order valence-corrected chi connectivity index (χ4v) is 2.03. The average molecular weight is 183 g/mol. The SMILES string of the molecule is CC(C)(C)OC(=O)C12CCNC1C2. The molecule has 1 aliphatic heterocycles. The van der Waals surface area contributed by atoms with Crippen molar-refractivity contribution >= 4 is 5.97 Å². The van der Waals surface area contributed by atoms with E-state index < -0.39 is 0 Å². The fraction of sp³-hybridized carbons (Fsp3) is 0.900. The van der Waals surface area contributed by atoms with E-state index >= 15 is 0 Å². The van der Waals surface area contributed by atoms with Crippen molar-refractivity contribution in [3.8, 4) is 0 Å². The minimum atomic E-state index is -0.346. The fourth-order valence-electron chi connectivity index (χ4n) is 2.03. The zero-order chi connectivity index (χ0) is 9.69. The van der Waals surface area contributed by atoms with Crippen LogP contribution >= 0.6 is 0 Å². The first kappa shape index (κ1) is 9.00. The second-order valence-corrected chi connectivity index (χ2v) is 5.12. The van der Waals surface area contributed by atoms with E-state index in [1.807, 2.05) is 20.8 Å². The molecule has 0 radical (unpaired) electrons. The van der Waals surface area contributed by atoms with Crippen LogP contribution in [0.25, 0.3) is 0 Å². The Bertz CT molecular complexity index is 244. The van der Waals surface area contributed by atoms with Crippen LogP contribution in [-0.2, 0) is 9.53 Å². The Morgan fingerprint density at radius 1 is 1.54 bits per heavy atom. The molecule has 2 rings (SSSR count). The lowest BCUT2D eigenvalue weighted by molar-refractivity contribution is -0.161. The van der Waals surface area contributed by atoms with E-state index in [0.717, 1.165) is 19.4 Å². The van der Waals surface area contributed by atoms with E-state index in [1.54, 1.807) is 0 Å². The van der Waals surface area contributed by atoms with Crippen LogP contribution in [0.5, 0.6) is 0 Å². The normalized spacial score (nSPS) is 37.0. The lowest BCUT2D eigenvalue weighted by Crippen LogP contribution is -2.30. The van der Waals surface area contributed by atoms with Crippen LogP contribution in [0.4, 0.5) is 0 Å². The molecule has 3 heteroatoms. The Balaban J connectivity index is 1.99. The maximum Gasteiger partial charge on any atom is 0.314 e. The van der Waals surface area contributed by atoms with E-state index in [0.29, 0.717) is 6.04 Å². The molecule has 0 aromatic carbocycles. The lowest BCUT2D eigenvalue weighted by Gasteiger charge is -2.22. The zero-order valence-corrected chi connectivity index (χ0v) is 8.52. The van der Waals surface area contributed by atoms with E-state index in [4.69, 9.17) is 4.74 Å². The van der Waals surface area contributed by atoms with Crippen molar-refractivity contribution in [2.75, 3.05) is 6.54 Å². The zero-order valence-electron chi connectivity index (χ0n) is 8.52. The molecule has 2 unspecified atom stereocenters. The molecule has 2 aliphatic rings. The topological polar surface area (TPSA) is 38.3 Å². The molecule has 0 aromatic rings. The molecule has 0 spiro atoms. The number of nitrogens with one attached hydrogen (secondary N) is 1. The van der Waals surface area contributed by atoms with Gasteiger partial charge in [-0.15, -0.1) is 0 Å². The molecule has 1 saturated heterocycles. The van der Waals surface area contributed by atoms with Crippen molar-refractivity contribution in [3.05, 3.63) is 0 Å². The molecule has 0 amide bonds. The van der Waals surface area contributed by atoms with Crippen molar-refractivity contribution < 1.29 is 9.53 Å². The van der Waals surface area contributed by atoms with Crippen LogP contribution in [0.1, 0.15) is 33.6 Å². The molecule has 0 aromatic heterocycles. The van der Waals surface area contributed by atoms with Gasteiger partial charge in [0.2, 0.25) is 0 Å². The summed E-state index contributed by atoms with van der Waals surface area (Å²) in [6.45, 7) is 6.72. The maximum atomic E-state index is 11.8. The number of piperidine rings is 1. The first-order valence-electron chi connectivity index (χ1n) is 4.91. The lowest BCUT2D eigenvalue weighted by atomic mass is 10.0. The molecule has 3 nitrogen and oxygen atoms in total. The summed E-state index contributed by atoms with van der Waals surface area (Å²) in [5, 5.41) is 3.30. The van der Waals surface area contributed by atoms with Crippen LogP contribution in [0.3, 0.4) is 0 Å². The van der Waals surface area contributed by atoms with Crippen LogP contribution in [0.15, 0.2) is 0 Å². The van der Waals surface area contributed by atoms with E-state index in [-0.39, 0.29) is 17.0 Å². The highest BCUT2D eigenvalue weighted by atomic mass is 16.6. The number of hydrogen-bond donors (Lipinski definition) is 1. The minimum Gasteiger partial charge on any atom is -0.459 e. The molecule has 2 fully saturated rings. The van der Waals surface area contributed by atoms with Crippen molar-refractivity contribution in [3.63, 3.8) is 0 Å². The summed E-state index contributed by atoms with van der Waals surface area (Å²) >= 11 is 0. The average Bonchev–Trinajstić information content (AvgIpc) is 2.52. The van der Waals surface area contributed by atoms with E-state index in [1.165, 1.54) is 0 Å². The Labute approximate surface area is 78.8 Å². The summed E-state index contributed by atoms with van der Waals surface area (Å²) in [6.07, 6.45) is 1.93. The van der Waals surface area contributed by atoms with E-state index in [9.17, 15) is 4.79 Å². The van der Waals surface area contributed by atoms with Gasteiger partial charge in [-0.05, 0) is 40.2 Å². The molecule has 0 bridgehead atoms. The number of carbonyl (C=O) groups is 1. The molecule has 2 atom stereocenters. The van der Waals surface area contributed by atoms with Crippen molar-refractivity contribution in [1.82, 2.24) is 5.32 Å². The highest BCUT2D eigenvalue weighted by Crippen LogP contribution is 2.53. The quantitative estimate of drug-likeness (QED) is 0.618. The van der Waals surface area contributed by atoms with Crippen LogP contribution in [0, 0.1) is 5.41 Å². The van der Waals surface area contributed by atoms with Gasteiger partial charge >= 0.3 is 5.97 Å². The Morgan fingerprint density at radius 3 is 2.62 bits per heavy atom. The number of hydrogen-bond acceptors (Lipinski definition) is 3. The van der Waals surface area contributed by atoms with Gasteiger partial charge in [0.1, 0.15) is 5.60 Å². The van der Waals surface area contributed by atoms with E-state index in [2.05, 4.69) is 5.32 Å². The Kier molecular flexibility index (Phi) is 1.71. The molecule has 74 valence electrons. The maximum absolute atomic E-state index is 11.8. The molecule has 13 heavy (non-hydrogen) atoms. The van der Waals surface area contributed by atoms with Gasteiger partial charge in [0.25, 0.3) is 0 Å². The summed E-state index contributed by atoms with van der Waals surface area (Å²) < 4.78 is 5.39. The third-order valence-corrected chi connectivity index (χ3v) is 2.84. The van der Waals surface area contributed by atoms with Gasteiger partial charge in [-0.3, -0.25) is 4.79 Å². The number of ether oxygens (including phenoxy) is 1. The summed E-state index contributed by atoms with van der Waals surface area (Å²) in [4.78, 5) is 11.8. The van der Waals surface area contributed by atoms with Gasteiger partial charge in [-0.2, -0.15) is 0 Å². The van der Waals surface area contributed by atoms with Gasteiger partial charge in [0.15, 0.2) is 0 Å². The number of carbonyl (C=O) groups excluding carboxylic acids is 1. The second-order valence-electron chi connectivity index (χ2n) is 5.12. The first-order valence-corrected chi connectivity index (χ1v) is 4.91. The third-order valence-electron chi connectivity index (χ3n) is 2.84. The van der Waals surface area contributed by atoms with Gasteiger partial charge in [-0.25, -0.2) is 0 Å². The molecule has 1 saturated carbocycles. The first-order chi connectivity index (χ1) is 5.94. The van der Waals surface area contributed by atoms with Crippen LogP contribution in [-0.4, -0.2) is 24.2 Å². The summed E-state index contributed by atoms with van der Waals surface area (Å²) in [7, 11) is 0. The number of rotatable bonds is 1. The van der Waals surface area contributed by atoms with Crippen LogP contribution in [0.2, 0.25) is 0 Å². The van der Waals surface area contributed by atoms with Crippen molar-refractivity contribution in [2.45, 2.75) is 45.3 Å². The summed E-state index contributed by atoms with van der Waals surface area (Å²) in [5.41, 5.74) is -0.491. The minimum absolute atomic E-state index is 0.00463. The van der Waals surface area contributed by atoms with Gasteiger partial charge in [0, 0.05) is 6.04 Å². The third kappa shape index (κ3) is 1.46. The molecule has 1 heterocycles. The summed E-state index contributed by atoms with van der Waals surface area (Å²) in [6, 6.07) is 0.405. The standard InChI is InChI=1S/C10H17NO2/c1-9(2,3)13-8(12)10-4-5-11-7(10)6-10/h7,11H,4-6H2,1-3H3. The number of fused-ring (bicyclic) bond motifs is 1. The van der Waals surface area contributed by atoms with Gasteiger partial charge in [-0.1, -0.05) is 0 Å².